The van der Waals surface area contributed by atoms with Gasteiger partial charge in [0.25, 0.3) is 5.91 Å². The first kappa shape index (κ1) is 21.3. The van der Waals surface area contributed by atoms with Crippen molar-refractivity contribution in [3.63, 3.8) is 0 Å². The van der Waals surface area contributed by atoms with Gasteiger partial charge in [0.15, 0.2) is 0 Å². The molecule has 0 aliphatic carbocycles. The van der Waals surface area contributed by atoms with E-state index >= 15 is 0 Å². The molecule has 0 spiro atoms. The van der Waals surface area contributed by atoms with Gasteiger partial charge in [-0.15, -0.1) is 0 Å². The van der Waals surface area contributed by atoms with Gasteiger partial charge in [-0.2, -0.15) is 0 Å². The summed E-state index contributed by atoms with van der Waals surface area (Å²) in [6.07, 6.45) is 4.76. The summed E-state index contributed by atoms with van der Waals surface area (Å²) in [5, 5.41) is 5.31. The number of rotatable bonds is 6. The van der Waals surface area contributed by atoms with Crippen LogP contribution in [0.4, 0.5) is 0 Å². The van der Waals surface area contributed by atoms with E-state index in [-0.39, 0.29) is 18.4 Å². The van der Waals surface area contributed by atoms with E-state index in [0.717, 1.165) is 18.4 Å². The van der Waals surface area contributed by atoms with E-state index in [1.165, 1.54) is 0 Å². The van der Waals surface area contributed by atoms with Crippen molar-refractivity contribution in [3.05, 3.63) is 59.9 Å². The first-order valence-electron chi connectivity index (χ1n) is 9.95. The Bertz CT molecular complexity index is 880. The number of ether oxygens (including phenoxy) is 1. The summed E-state index contributed by atoms with van der Waals surface area (Å²) in [5.74, 6) is -0.408. The zero-order valence-corrected chi connectivity index (χ0v) is 17.0. The van der Waals surface area contributed by atoms with Crippen molar-refractivity contribution in [2.45, 2.75) is 19.4 Å². The predicted octanol–water partition coefficient (Wildman–Crippen LogP) is 1.38. The molecule has 3 rings (SSSR count). The number of likely N-dealkylation sites (tertiary alicyclic amines) is 1. The molecule has 1 aliphatic rings. The van der Waals surface area contributed by atoms with Crippen LogP contribution in [0.15, 0.2) is 48.8 Å². The Morgan fingerprint density at radius 3 is 2.57 bits per heavy atom. The molecule has 2 heterocycles. The lowest BCUT2D eigenvalue weighted by atomic mass is 9.96. The summed E-state index contributed by atoms with van der Waals surface area (Å²) in [7, 11) is 1.57. The first-order chi connectivity index (χ1) is 14.6. The number of carbonyl (C=O) groups excluding carboxylic acids is 3. The lowest BCUT2D eigenvalue weighted by Crippen LogP contribution is -2.44. The number of aromatic nitrogens is 1. The van der Waals surface area contributed by atoms with E-state index in [0.29, 0.717) is 30.9 Å². The third-order valence-corrected chi connectivity index (χ3v) is 5.15. The zero-order chi connectivity index (χ0) is 21.3. The summed E-state index contributed by atoms with van der Waals surface area (Å²) in [5.41, 5.74) is 1.43. The number of nitrogens with one attached hydrogen (secondary N) is 2. The molecule has 2 N–H and O–H groups in total. The summed E-state index contributed by atoms with van der Waals surface area (Å²) in [6, 6.07) is 10.8. The Morgan fingerprint density at radius 1 is 1.10 bits per heavy atom. The van der Waals surface area contributed by atoms with Gasteiger partial charge < -0.3 is 20.3 Å². The number of methoxy groups -OCH3 is 1. The van der Waals surface area contributed by atoms with Crippen LogP contribution >= 0.6 is 0 Å². The standard InChI is InChI=1S/C22H26N4O4/c1-30-19-6-2-4-17(12-19)14-25-21(28)20(27)24-13-16-7-10-26(11-8-16)22(29)18-5-3-9-23-15-18/h2-6,9,12,15-16H,7-8,10-11,13-14H2,1H3,(H,24,27)(H,25,28). The molecule has 3 amide bonds. The summed E-state index contributed by atoms with van der Waals surface area (Å²) >= 11 is 0. The van der Waals surface area contributed by atoms with Gasteiger partial charge in [-0.25, -0.2) is 0 Å². The topological polar surface area (TPSA) is 101 Å². The number of pyridine rings is 1. The van der Waals surface area contributed by atoms with Crippen LogP contribution in [0.1, 0.15) is 28.8 Å². The second-order valence-corrected chi connectivity index (χ2v) is 7.22. The molecule has 0 saturated carbocycles. The van der Waals surface area contributed by atoms with Crippen molar-refractivity contribution < 1.29 is 19.1 Å². The van der Waals surface area contributed by atoms with Crippen LogP contribution in [0.2, 0.25) is 0 Å². The third kappa shape index (κ3) is 5.79. The average Bonchev–Trinajstić information content (AvgIpc) is 2.81. The molecule has 1 aromatic carbocycles. The summed E-state index contributed by atoms with van der Waals surface area (Å²) < 4.78 is 5.14. The normalized spacial score (nSPS) is 14.1. The number of piperidine rings is 1. The monoisotopic (exact) mass is 410 g/mol. The van der Waals surface area contributed by atoms with E-state index in [1.54, 1.807) is 42.6 Å². The summed E-state index contributed by atoms with van der Waals surface area (Å²) in [4.78, 5) is 42.3. The highest BCUT2D eigenvalue weighted by Crippen LogP contribution is 2.18. The zero-order valence-electron chi connectivity index (χ0n) is 17.0. The van der Waals surface area contributed by atoms with Crippen LogP contribution in [0, 0.1) is 5.92 Å². The van der Waals surface area contributed by atoms with Gasteiger partial charge in [0, 0.05) is 38.6 Å². The molecule has 0 radical (unpaired) electrons. The fourth-order valence-electron chi connectivity index (χ4n) is 3.37. The molecule has 2 aromatic rings. The SMILES string of the molecule is COc1cccc(CNC(=O)C(=O)NCC2CCN(C(=O)c3cccnc3)CC2)c1. The number of nitrogens with zero attached hydrogens (tertiary/aromatic N) is 2. The maximum absolute atomic E-state index is 12.4. The van der Waals surface area contributed by atoms with Crippen molar-refractivity contribution in [2.24, 2.45) is 5.92 Å². The van der Waals surface area contributed by atoms with Crippen molar-refractivity contribution in [1.29, 1.82) is 0 Å². The second-order valence-electron chi connectivity index (χ2n) is 7.22. The van der Waals surface area contributed by atoms with E-state index in [4.69, 9.17) is 4.74 Å². The minimum Gasteiger partial charge on any atom is -0.497 e. The molecule has 0 unspecified atom stereocenters. The molecule has 0 bridgehead atoms. The molecule has 1 aromatic heterocycles. The Balaban J connectivity index is 1.38. The molecular formula is C22H26N4O4. The number of amides is 3. The van der Waals surface area contributed by atoms with E-state index < -0.39 is 11.8 Å². The average molecular weight is 410 g/mol. The number of benzene rings is 1. The van der Waals surface area contributed by atoms with Crippen molar-refractivity contribution in [1.82, 2.24) is 20.5 Å². The van der Waals surface area contributed by atoms with Gasteiger partial charge in [-0.3, -0.25) is 19.4 Å². The van der Waals surface area contributed by atoms with Crippen LogP contribution in [-0.4, -0.2) is 54.3 Å². The molecule has 1 fully saturated rings. The smallest absolute Gasteiger partial charge is 0.309 e. The molecule has 158 valence electrons. The minimum atomic E-state index is -0.665. The highest BCUT2D eigenvalue weighted by Gasteiger charge is 2.24. The van der Waals surface area contributed by atoms with Crippen molar-refractivity contribution in [2.75, 3.05) is 26.7 Å². The van der Waals surface area contributed by atoms with Crippen molar-refractivity contribution in [3.8, 4) is 5.75 Å². The maximum Gasteiger partial charge on any atom is 0.309 e. The molecule has 8 heteroatoms. The van der Waals surface area contributed by atoms with Gasteiger partial charge in [-0.1, -0.05) is 12.1 Å². The third-order valence-electron chi connectivity index (χ3n) is 5.15. The predicted molar refractivity (Wildman–Crippen MR) is 111 cm³/mol. The molecule has 1 saturated heterocycles. The van der Waals surface area contributed by atoms with Gasteiger partial charge in [0.05, 0.1) is 12.7 Å². The molecule has 8 nitrogen and oxygen atoms in total. The van der Waals surface area contributed by atoms with E-state index in [9.17, 15) is 14.4 Å². The fraction of sp³-hybridized carbons (Fsp3) is 0.364. The number of hydrogen-bond donors (Lipinski definition) is 2. The largest absolute Gasteiger partial charge is 0.497 e. The van der Waals surface area contributed by atoms with Crippen molar-refractivity contribution >= 4 is 17.7 Å². The Labute approximate surface area is 175 Å². The molecule has 1 aliphatic heterocycles. The lowest BCUT2D eigenvalue weighted by molar-refractivity contribution is -0.139. The summed E-state index contributed by atoms with van der Waals surface area (Å²) in [6.45, 7) is 1.91. The van der Waals surface area contributed by atoms with Crippen LogP contribution in [0.3, 0.4) is 0 Å². The van der Waals surface area contributed by atoms with E-state index in [2.05, 4.69) is 15.6 Å². The Kier molecular flexibility index (Phi) is 7.37. The van der Waals surface area contributed by atoms with Crippen LogP contribution in [-0.2, 0) is 16.1 Å². The van der Waals surface area contributed by atoms with Crippen LogP contribution < -0.4 is 15.4 Å². The second kappa shape index (κ2) is 10.4. The highest BCUT2D eigenvalue weighted by atomic mass is 16.5. The molecule has 0 atom stereocenters. The molecular weight excluding hydrogens is 384 g/mol. The van der Waals surface area contributed by atoms with Crippen LogP contribution in [0.5, 0.6) is 5.75 Å². The molecule has 30 heavy (non-hydrogen) atoms. The highest BCUT2D eigenvalue weighted by molar-refractivity contribution is 6.35. The van der Waals surface area contributed by atoms with Gasteiger partial charge in [-0.05, 0) is 48.6 Å². The van der Waals surface area contributed by atoms with Gasteiger partial charge in [0.2, 0.25) is 0 Å². The number of carbonyl (C=O) groups is 3. The van der Waals surface area contributed by atoms with Gasteiger partial charge in [0.1, 0.15) is 5.75 Å². The number of hydrogen-bond acceptors (Lipinski definition) is 5. The Morgan fingerprint density at radius 2 is 1.87 bits per heavy atom. The lowest BCUT2D eigenvalue weighted by Gasteiger charge is -2.32. The quantitative estimate of drug-likeness (QED) is 0.701. The Hall–Kier alpha value is -3.42. The first-order valence-corrected chi connectivity index (χ1v) is 9.95. The van der Waals surface area contributed by atoms with E-state index in [1.807, 2.05) is 18.2 Å². The minimum absolute atomic E-state index is 0.0255. The maximum atomic E-state index is 12.4. The van der Waals surface area contributed by atoms with Gasteiger partial charge >= 0.3 is 11.8 Å². The fourth-order valence-corrected chi connectivity index (χ4v) is 3.37. The van der Waals surface area contributed by atoms with Crippen LogP contribution in [0.25, 0.3) is 0 Å².